The molecule has 24 heavy (non-hydrogen) atoms. The van der Waals surface area contributed by atoms with Gasteiger partial charge in [-0.25, -0.2) is 0 Å². The highest BCUT2D eigenvalue weighted by Gasteiger charge is 2.39. The van der Waals surface area contributed by atoms with Crippen molar-refractivity contribution in [3.63, 3.8) is 0 Å². The average molecular weight is 364 g/mol. The van der Waals surface area contributed by atoms with E-state index in [1.54, 1.807) is 11.3 Å². The van der Waals surface area contributed by atoms with Gasteiger partial charge in [0.2, 0.25) is 0 Å². The summed E-state index contributed by atoms with van der Waals surface area (Å²) < 4.78 is 0. The van der Waals surface area contributed by atoms with Gasteiger partial charge in [0.25, 0.3) is 5.91 Å². The van der Waals surface area contributed by atoms with Gasteiger partial charge in [-0.2, -0.15) is 0 Å². The molecule has 3 aliphatic carbocycles. The first-order valence-electron chi connectivity index (χ1n) is 9.07. The van der Waals surface area contributed by atoms with Gasteiger partial charge in [0.15, 0.2) is 5.11 Å². The summed E-state index contributed by atoms with van der Waals surface area (Å²) in [4.78, 5) is 14.5. The minimum Gasteiger partial charge on any atom is -0.358 e. The molecule has 2 fully saturated rings. The maximum absolute atomic E-state index is 12.4. The number of thiocarbonyl (C=S) groups is 1. The number of aryl methyl sites for hydroxylation is 1. The van der Waals surface area contributed by atoms with Crippen LogP contribution in [-0.2, 0) is 12.8 Å². The highest BCUT2D eigenvalue weighted by molar-refractivity contribution is 7.80. The number of nitrogens with one attached hydrogen (secondary N) is 3. The largest absolute Gasteiger partial charge is 0.358 e. The van der Waals surface area contributed by atoms with E-state index in [2.05, 4.69) is 29.2 Å². The fourth-order valence-corrected chi connectivity index (χ4v) is 5.92. The molecule has 2 bridgehead atoms. The van der Waals surface area contributed by atoms with Crippen LogP contribution < -0.4 is 16.2 Å². The SMILES string of the molecule is CC1CCc2sc(C(=O)NNC(=S)NC3CC4CCC3C4)cc2C1. The van der Waals surface area contributed by atoms with Crippen LogP contribution in [0.4, 0.5) is 0 Å². The number of fused-ring (bicyclic) bond motifs is 3. The number of hydrogen-bond acceptors (Lipinski definition) is 3. The zero-order valence-electron chi connectivity index (χ0n) is 14.1. The smallest absolute Gasteiger partial charge is 0.279 e. The molecule has 1 heterocycles. The molecular formula is C18H25N3OS2. The molecule has 2 saturated carbocycles. The molecule has 0 aromatic carbocycles. The second kappa shape index (κ2) is 6.64. The fraction of sp³-hybridized carbons (Fsp3) is 0.667. The molecule has 0 saturated heterocycles. The number of amides is 1. The lowest BCUT2D eigenvalue weighted by molar-refractivity contribution is 0.0947. The summed E-state index contributed by atoms with van der Waals surface area (Å²) in [5, 5.41) is 3.92. The van der Waals surface area contributed by atoms with Gasteiger partial charge in [0, 0.05) is 10.9 Å². The number of hydrogen-bond donors (Lipinski definition) is 3. The van der Waals surface area contributed by atoms with Crippen LogP contribution in [0.25, 0.3) is 0 Å². The first kappa shape index (κ1) is 16.3. The molecule has 1 amide bonds. The van der Waals surface area contributed by atoms with Crippen molar-refractivity contribution in [2.45, 2.75) is 57.9 Å². The van der Waals surface area contributed by atoms with Crippen LogP contribution >= 0.6 is 23.6 Å². The van der Waals surface area contributed by atoms with Gasteiger partial charge in [-0.1, -0.05) is 13.3 Å². The third kappa shape index (κ3) is 3.31. The second-order valence-corrected chi connectivity index (χ2v) is 9.29. The first-order chi connectivity index (χ1) is 11.6. The van der Waals surface area contributed by atoms with Crippen molar-refractivity contribution in [2.75, 3.05) is 0 Å². The Hall–Kier alpha value is -1.14. The van der Waals surface area contributed by atoms with Crippen molar-refractivity contribution < 1.29 is 4.79 Å². The maximum atomic E-state index is 12.4. The van der Waals surface area contributed by atoms with Crippen LogP contribution in [0.3, 0.4) is 0 Å². The fourth-order valence-electron chi connectivity index (χ4n) is 4.62. The Kier molecular flexibility index (Phi) is 4.52. The molecule has 4 rings (SSSR count). The van der Waals surface area contributed by atoms with Crippen LogP contribution in [0.1, 0.15) is 59.1 Å². The molecule has 1 aromatic rings. The predicted molar refractivity (Wildman–Crippen MR) is 101 cm³/mol. The van der Waals surface area contributed by atoms with Crippen LogP contribution in [0.2, 0.25) is 0 Å². The molecule has 4 nitrogen and oxygen atoms in total. The summed E-state index contributed by atoms with van der Waals surface area (Å²) in [5.41, 5.74) is 6.99. The Morgan fingerprint density at radius 1 is 1.25 bits per heavy atom. The minimum absolute atomic E-state index is 0.0841. The van der Waals surface area contributed by atoms with Crippen molar-refractivity contribution in [1.29, 1.82) is 0 Å². The Labute approximate surface area is 152 Å². The average Bonchev–Trinajstić information content (AvgIpc) is 3.26. The second-order valence-electron chi connectivity index (χ2n) is 7.74. The molecule has 4 unspecified atom stereocenters. The van der Waals surface area contributed by atoms with Crippen LogP contribution in [0.15, 0.2) is 6.07 Å². The predicted octanol–water partition coefficient (Wildman–Crippen LogP) is 3.17. The topological polar surface area (TPSA) is 53.2 Å². The third-order valence-electron chi connectivity index (χ3n) is 5.90. The van der Waals surface area contributed by atoms with Gasteiger partial charge >= 0.3 is 0 Å². The summed E-state index contributed by atoms with van der Waals surface area (Å²) in [6.45, 7) is 2.28. The van der Waals surface area contributed by atoms with E-state index in [4.69, 9.17) is 12.2 Å². The van der Waals surface area contributed by atoms with Crippen molar-refractivity contribution in [3.05, 3.63) is 21.4 Å². The van der Waals surface area contributed by atoms with Gasteiger partial charge < -0.3 is 5.32 Å². The van der Waals surface area contributed by atoms with E-state index in [1.807, 2.05) is 0 Å². The Morgan fingerprint density at radius 3 is 2.88 bits per heavy atom. The lowest BCUT2D eigenvalue weighted by atomic mass is 9.90. The molecule has 4 atom stereocenters. The van der Waals surface area contributed by atoms with E-state index >= 15 is 0 Å². The molecule has 130 valence electrons. The monoisotopic (exact) mass is 363 g/mol. The lowest BCUT2D eigenvalue weighted by Crippen LogP contribution is -2.50. The molecule has 0 spiro atoms. The van der Waals surface area contributed by atoms with Gasteiger partial charge in [-0.3, -0.25) is 15.6 Å². The van der Waals surface area contributed by atoms with E-state index in [0.29, 0.717) is 11.2 Å². The van der Waals surface area contributed by atoms with Gasteiger partial charge in [0.05, 0.1) is 4.88 Å². The van der Waals surface area contributed by atoms with Crippen molar-refractivity contribution in [1.82, 2.24) is 16.2 Å². The number of carbonyl (C=O) groups is 1. The van der Waals surface area contributed by atoms with E-state index in [0.717, 1.165) is 35.5 Å². The summed E-state index contributed by atoms with van der Waals surface area (Å²) in [6, 6.07) is 2.54. The number of carbonyl (C=O) groups excluding carboxylic acids is 1. The molecule has 0 aliphatic heterocycles. The highest BCUT2D eigenvalue weighted by Crippen LogP contribution is 2.44. The van der Waals surface area contributed by atoms with Crippen molar-refractivity contribution >= 4 is 34.6 Å². The summed E-state index contributed by atoms with van der Waals surface area (Å²) >= 11 is 6.97. The third-order valence-corrected chi connectivity index (χ3v) is 7.35. The Balaban J connectivity index is 1.28. The zero-order valence-corrected chi connectivity index (χ0v) is 15.7. The van der Waals surface area contributed by atoms with Crippen LogP contribution in [0, 0.1) is 17.8 Å². The molecule has 1 aromatic heterocycles. The maximum Gasteiger partial charge on any atom is 0.279 e. The highest BCUT2D eigenvalue weighted by atomic mass is 32.1. The number of thiophene rings is 1. The molecule has 6 heteroatoms. The minimum atomic E-state index is -0.0841. The Bertz CT molecular complexity index is 657. The number of rotatable bonds is 2. The molecule has 3 N–H and O–H groups in total. The van der Waals surface area contributed by atoms with Crippen LogP contribution in [0.5, 0.6) is 0 Å². The normalized spacial score (nSPS) is 30.7. The zero-order chi connectivity index (χ0) is 16.7. The van der Waals surface area contributed by atoms with E-state index < -0.39 is 0 Å². The van der Waals surface area contributed by atoms with Crippen molar-refractivity contribution in [2.24, 2.45) is 17.8 Å². The van der Waals surface area contributed by atoms with E-state index in [9.17, 15) is 4.79 Å². The van der Waals surface area contributed by atoms with Gasteiger partial charge in [-0.15, -0.1) is 11.3 Å². The van der Waals surface area contributed by atoms with Gasteiger partial charge in [0.1, 0.15) is 0 Å². The summed E-state index contributed by atoms with van der Waals surface area (Å²) in [5.74, 6) is 2.28. The van der Waals surface area contributed by atoms with Gasteiger partial charge in [-0.05, 0) is 80.1 Å². The quantitative estimate of drug-likeness (QED) is 0.558. The molecule has 0 radical (unpaired) electrons. The first-order valence-corrected chi connectivity index (χ1v) is 10.3. The van der Waals surface area contributed by atoms with Crippen molar-refractivity contribution in [3.8, 4) is 0 Å². The van der Waals surface area contributed by atoms with Crippen LogP contribution in [-0.4, -0.2) is 17.1 Å². The summed E-state index contributed by atoms with van der Waals surface area (Å²) in [7, 11) is 0. The number of hydrazine groups is 1. The molecule has 3 aliphatic rings. The lowest BCUT2D eigenvalue weighted by Gasteiger charge is -2.24. The molecular weight excluding hydrogens is 338 g/mol. The van der Waals surface area contributed by atoms with E-state index in [1.165, 1.54) is 42.5 Å². The van der Waals surface area contributed by atoms with E-state index in [-0.39, 0.29) is 5.91 Å². The summed E-state index contributed by atoms with van der Waals surface area (Å²) in [6.07, 6.45) is 8.67. The standard InChI is InChI=1S/C18H25N3OS2/c1-10-2-5-15-13(6-10)9-16(24-15)17(22)20-21-18(23)19-14-8-11-3-4-12(14)7-11/h9-12,14H,2-8H2,1H3,(H,20,22)(H2,19,21,23). The Morgan fingerprint density at radius 2 is 2.12 bits per heavy atom.